The molecular weight excluding hydrogens is 422 g/mol. The summed E-state index contributed by atoms with van der Waals surface area (Å²) in [5, 5.41) is 4.89. The maximum atomic E-state index is 13.2. The average molecular weight is 442 g/mol. The predicted molar refractivity (Wildman–Crippen MR) is 115 cm³/mol. The van der Waals surface area contributed by atoms with Crippen molar-refractivity contribution < 1.29 is 19.2 Å². The number of hydrogen-bond acceptors (Lipinski definition) is 5. The lowest BCUT2D eigenvalue weighted by Crippen LogP contribution is -2.55. The Bertz CT molecular complexity index is 1180. The van der Waals surface area contributed by atoms with E-state index < -0.39 is 17.9 Å². The molecular formula is C21H20ClN5O4. The van der Waals surface area contributed by atoms with Gasteiger partial charge in [0.2, 0.25) is 5.91 Å². The summed E-state index contributed by atoms with van der Waals surface area (Å²) in [6.07, 6.45) is 1.86. The lowest BCUT2D eigenvalue weighted by atomic mass is 9.97. The van der Waals surface area contributed by atoms with Crippen molar-refractivity contribution in [2.75, 3.05) is 25.6 Å². The normalized spacial score (nSPS) is 15.6. The Morgan fingerprint density at radius 1 is 1.35 bits per heavy atom. The number of hydrogen-bond donors (Lipinski definition) is 2. The van der Waals surface area contributed by atoms with Crippen LogP contribution >= 0.6 is 11.6 Å². The number of benzene rings is 1. The maximum absolute atomic E-state index is 13.2. The van der Waals surface area contributed by atoms with Gasteiger partial charge in [-0.05, 0) is 23.8 Å². The molecule has 0 saturated heterocycles. The van der Waals surface area contributed by atoms with E-state index in [1.807, 2.05) is 12.1 Å². The van der Waals surface area contributed by atoms with Crippen molar-refractivity contribution in [3.63, 3.8) is 0 Å². The first-order valence-electron chi connectivity index (χ1n) is 9.52. The molecule has 1 aromatic carbocycles. The van der Waals surface area contributed by atoms with Gasteiger partial charge in [-0.3, -0.25) is 19.2 Å². The third kappa shape index (κ3) is 4.10. The number of nitrogens with zero attached hydrogens (tertiary/aromatic N) is 3. The second-order valence-corrected chi connectivity index (χ2v) is 7.52. The number of aromatic amines is 1. The smallest absolute Gasteiger partial charge is 0.268 e. The zero-order valence-electron chi connectivity index (χ0n) is 16.9. The highest BCUT2D eigenvalue weighted by Gasteiger charge is 2.35. The van der Waals surface area contributed by atoms with Gasteiger partial charge in [0.05, 0.1) is 18.8 Å². The molecule has 9 nitrogen and oxygen atoms in total. The number of rotatable bonds is 5. The summed E-state index contributed by atoms with van der Waals surface area (Å²) in [7, 11) is 2.84. The summed E-state index contributed by atoms with van der Waals surface area (Å²) in [6.45, 7) is -0.205. The van der Waals surface area contributed by atoms with E-state index in [2.05, 4.69) is 15.3 Å². The Hall–Kier alpha value is -3.43. The predicted octanol–water partition coefficient (Wildman–Crippen LogP) is 1.92. The molecule has 3 amide bonds. The van der Waals surface area contributed by atoms with Crippen LogP contribution in [0.2, 0.25) is 5.15 Å². The van der Waals surface area contributed by atoms with Gasteiger partial charge in [0, 0.05) is 24.5 Å². The summed E-state index contributed by atoms with van der Waals surface area (Å²) in [6, 6.07) is 9.76. The number of para-hydroxylation sites is 1. The molecule has 0 radical (unpaired) electrons. The molecule has 1 unspecified atom stereocenters. The zero-order chi connectivity index (χ0) is 22.1. The van der Waals surface area contributed by atoms with Gasteiger partial charge >= 0.3 is 0 Å². The van der Waals surface area contributed by atoms with Gasteiger partial charge in [-0.2, -0.15) is 0 Å². The zero-order valence-corrected chi connectivity index (χ0v) is 17.6. The summed E-state index contributed by atoms with van der Waals surface area (Å²) in [5.41, 5.74) is 2.44. The fourth-order valence-electron chi connectivity index (χ4n) is 3.54. The largest absolute Gasteiger partial charge is 0.349 e. The average Bonchev–Trinajstić information content (AvgIpc) is 3.19. The third-order valence-electron chi connectivity index (χ3n) is 5.21. The highest BCUT2D eigenvalue weighted by molar-refractivity contribution is 6.30. The third-order valence-corrected chi connectivity index (χ3v) is 5.42. The Kier molecular flexibility index (Phi) is 5.62. The second-order valence-electron chi connectivity index (χ2n) is 7.13. The van der Waals surface area contributed by atoms with E-state index in [1.54, 1.807) is 24.3 Å². The summed E-state index contributed by atoms with van der Waals surface area (Å²) >= 11 is 5.90. The number of halogens is 1. The second kappa shape index (κ2) is 8.37. The van der Waals surface area contributed by atoms with E-state index in [-0.39, 0.29) is 18.1 Å². The van der Waals surface area contributed by atoms with E-state index in [4.69, 9.17) is 16.4 Å². The Morgan fingerprint density at radius 2 is 2.13 bits per heavy atom. The van der Waals surface area contributed by atoms with Gasteiger partial charge in [-0.15, -0.1) is 0 Å². The van der Waals surface area contributed by atoms with Crippen molar-refractivity contribution in [2.24, 2.45) is 0 Å². The number of amides is 3. The quantitative estimate of drug-likeness (QED) is 0.464. The summed E-state index contributed by atoms with van der Waals surface area (Å²) in [4.78, 5) is 51.7. The molecule has 4 rings (SSSR count). The minimum absolute atomic E-state index is 0.205. The van der Waals surface area contributed by atoms with Crippen LogP contribution in [0.1, 0.15) is 16.1 Å². The van der Waals surface area contributed by atoms with Crippen molar-refractivity contribution in [1.29, 1.82) is 0 Å². The van der Waals surface area contributed by atoms with Crippen LogP contribution in [0.25, 0.3) is 10.9 Å². The first-order chi connectivity index (χ1) is 14.9. The molecule has 0 spiro atoms. The van der Waals surface area contributed by atoms with Crippen molar-refractivity contribution in [1.82, 2.24) is 20.3 Å². The number of carbonyl (C=O) groups is 3. The van der Waals surface area contributed by atoms with Crippen LogP contribution in [0.5, 0.6) is 0 Å². The summed E-state index contributed by atoms with van der Waals surface area (Å²) in [5.74, 6) is -1.20. The Balaban J connectivity index is 1.58. The van der Waals surface area contributed by atoms with E-state index in [1.165, 1.54) is 25.3 Å². The van der Waals surface area contributed by atoms with Crippen LogP contribution in [0.4, 0.5) is 5.69 Å². The Labute approximate surface area is 182 Å². The highest BCUT2D eigenvalue weighted by atomic mass is 35.5. The van der Waals surface area contributed by atoms with Crippen molar-refractivity contribution in [2.45, 2.75) is 12.5 Å². The molecule has 0 bridgehead atoms. The van der Waals surface area contributed by atoms with Crippen molar-refractivity contribution in [3.05, 3.63) is 59.0 Å². The number of carbonyl (C=O) groups excluding carboxylic acids is 3. The molecule has 0 aliphatic carbocycles. The molecule has 31 heavy (non-hydrogen) atoms. The Morgan fingerprint density at radius 3 is 2.90 bits per heavy atom. The SMILES string of the molecule is CON(C)C(=O)CN1C(=O)C(NC(=O)c2cc3cc(Cl)ncc3[nH]2)Cc2ccccc21. The molecule has 10 heteroatoms. The van der Waals surface area contributed by atoms with E-state index in [0.29, 0.717) is 22.8 Å². The standard InChI is InChI=1S/C21H20ClN5O4/c1-26(31-2)19(28)11-27-17-6-4-3-5-12(17)7-15(21(27)30)25-20(29)14-8-13-9-18(22)23-10-16(13)24-14/h3-6,8-10,15,24H,7,11H2,1-2H3,(H,25,29). The van der Waals surface area contributed by atoms with Crippen LogP contribution < -0.4 is 10.2 Å². The number of aromatic nitrogens is 2. The molecule has 3 heterocycles. The number of anilines is 1. The molecule has 2 aromatic heterocycles. The fraction of sp³-hybridized carbons (Fsp3) is 0.238. The maximum Gasteiger partial charge on any atom is 0.268 e. The van der Waals surface area contributed by atoms with Gasteiger partial charge in [-0.1, -0.05) is 29.8 Å². The monoisotopic (exact) mass is 441 g/mol. The molecule has 0 saturated carbocycles. The first-order valence-corrected chi connectivity index (χ1v) is 9.90. The van der Waals surface area contributed by atoms with Gasteiger partial charge in [0.25, 0.3) is 11.8 Å². The van der Waals surface area contributed by atoms with Gasteiger partial charge < -0.3 is 15.2 Å². The fourth-order valence-corrected chi connectivity index (χ4v) is 3.70. The molecule has 1 atom stereocenters. The topological polar surface area (TPSA) is 108 Å². The number of hydroxylamine groups is 2. The van der Waals surface area contributed by atoms with Crippen LogP contribution in [0.15, 0.2) is 42.6 Å². The first kappa shape index (κ1) is 20.8. The van der Waals surface area contributed by atoms with Crippen LogP contribution in [0, 0.1) is 0 Å². The molecule has 3 aromatic rings. The van der Waals surface area contributed by atoms with Gasteiger partial charge in [0.1, 0.15) is 23.4 Å². The lowest BCUT2D eigenvalue weighted by Gasteiger charge is -2.34. The highest BCUT2D eigenvalue weighted by Crippen LogP contribution is 2.28. The molecule has 0 fully saturated rings. The number of pyridine rings is 1. The van der Waals surface area contributed by atoms with E-state index >= 15 is 0 Å². The molecule has 1 aliphatic heterocycles. The minimum atomic E-state index is -0.823. The molecule has 1 aliphatic rings. The van der Waals surface area contributed by atoms with Crippen molar-refractivity contribution in [3.8, 4) is 0 Å². The van der Waals surface area contributed by atoms with E-state index in [9.17, 15) is 14.4 Å². The molecule has 160 valence electrons. The van der Waals surface area contributed by atoms with Crippen LogP contribution in [-0.4, -0.2) is 59.5 Å². The number of fused-ring (bicyclic) bond motifs is 2. The van der Waals surface area contributed by atoms with Crippen molar-refractivity contribution >= 4 is 45.9 Å². The minimum Gasteiger partial charge on any atom is -0.349 e. The summed E-state index contributed by atoms with van der Waals surface area (Å²) < 4.78 is 0. The van der Waals surface area contributed by atoms with Gasteiger partial charge in [0.15, 0.2) is 0 Å². The number of likely N-dealkylation sites (N-methyl/N-ethyl adjacent to an activating group) is 1. The number of H-pyrrole nitrogens is 1. The van der Waals surface area contributed by atoms with Crippen LogP contribution in [-0.2, 0) is 20.8 Å². The molecule has 2 N–H and O–H groups in total. The van der Waals surface area contributed by atoms with E-state index in [0.717, 1.165) is 16.0 Å². The van der Waals surface area contributed by atoms with Crippen LogP contribution in [0.3, 0.4) is 0 Å². The number of nitrogens with one attached hydrogen (secondary N) is 2. The lowest BCUT2D eigenvalue weighted by molar-refractivity contribution is -0.167. The van der Waals surface area contributed by atoms with Gasteiger partial charge in [-0.25, -0.2) is 10.0 Å².